The highest BCUT2D eigenvalue weighted by Gasteiger charge is 2.24. The lowest BCUT2D eigenvalue weighted by molar-refractivity contribution is 0.0949. The molecule has 4 rings (SSSR count). The number of amides is 1. The van der Waals surface area contributed by atoms with Crippen molar-refractivity contribution in [2.75, 3.05) is 5.73 Å². The van der Waals surface area contributed by atoms with Crippen molar-refractivity contribution in [3.05, 3.63) is 47.8 Å². The van der Waals surface area contributed by atoms with E-state index in [4.69, 9.17) is 5.73 Å². The highest BCUT2D eigenvalue weighted by Crippen LogP contribution is 2.24. The van der Waals surface area contributed by atoms with E-state index in [1.807, 2.05) is 6.07 Å². The van der Waals surface area contributed by atoms with Gasteiger partial charge in [0, 0.05) is 19.0 Å². The molecule has 0 radical (unpaired) electrons. The molecule has 0 aliphatic carbocycles. The number of nitrogen functional groups attached to an aromatic ring is 1. The van der Waals surface area contributed by atoms with E-state index in [0.717, 1.165) is 0 Å². The van der Waals surface area contributed by atoms with Crippen LogP contribution in [0.4, 0.5) is 5.82 Å². The largest absolute Gasteiger partial charge is 0.378 e. The molecule has 0 unspecified atom stereocenters. The van der Waals surface area contributed by atoms with Crippen LogP contribution >= 0.6 is 11.8 Å². The van der Waals surface area contributed by atoms with Gasteiger partial charge in [-0.2, -0.15) is 9.78 Å². The standard InChI is InChI=1S/C16H16N12O2S/c1-9(10-5-3-4-6-18-10)20-22-15(29)12-11(7-31-16-23-19-8-27(16)2)28(26-21-12)14-13(17)24-30-25-14/h3-6,8H,7H2,1-2H3,(H2,17,24)(H,22,29)/b20-9+. The fraction of sp³-hybridized carbons (Fsp3) is 0.188. The maximum absolute atomic E-state index is 12.8. The molecule has 4 aromatic rings. The fourth-order valence-electron chi connectivity index (χ4n) is 2.47. The molecule has 15 heteroatoms. The SMILES string of the molecule is C/C(=N\NC(=O)c1nnn(-c2nonc2N)c1CSc1nncn1C)c1ccccn1. The first-order chi connectivity index (χ1) is 15.0. The highest BCUT2D eigenvalue weighted by molar-refractivity contribution is 7.98. The molecule has 31 heavy (non-hydrogen) atoms. The maximum atomic E-state index is 12.8. The molecule has 4 aromatic heterocycles. The van der Waals surface area contributed by atoms with E-state index in [-0.39, 0.29) is 23.1 Å². The molecule has 0 saturated heterocycles. The first-order valence-electron chi connectivity index (χ1n) is 8.80. The molecule has 4 heterocycles. The average molecular weight is 440 g/mol. The zero-order valence-electron chi connectivity index (χ0n) is 16.4. The first-order valence-corrected chi connectivity index (χ1v) is 9.79. The van der Waals surface area contributed by atoms with Crippen LogP contribution in [0.1, 0.15) is 28.8 Å². The van der Waals surface area contributed by atoms with Crippen LogP contribution in [0.2, 0.25) is 0 Å². The lowest BCUT2D eigenvalue weighted by atomic mass is 10.3. The lowest BCUT2D eigenvalue weighted by Crippen LogP contribution is -2.21. The minimum absolute atomic E-state index is 0.00536. The number of aromatic nitrogens is 9. The molecular weight excluding hydrogens is 424 g/mol. The van der Waals surface area contributed by atoms with Gasteiger partial charge in [-0.3, -0.25) is 9.78 Å². The van der Waals surface area contributed by atoms with Gasteiger partial charge >= 0.3 is 0 Å². The van der Waals surface area contributed by atoms with E-state index in [0.29, 0.717) is 22.3 Å². The Morgan fingerprint density at radius 3 is 2.87 bits per heavy atom. The number of rotatable bonds is 7. The molecule has 0 saturated carbocycles. The second-order valence-corrected chi connectivity index (χ2v) is 7.08. The Morgan fingerprint density at radius 2 is 2.19 bits per heavy atom. The normalized spacial score (nSPS) is 11.6. The summed E-state index contributed by atoms with van der Waals surface area (Å²) in [6, 6.07) is 5.40. The average Bonchev–Trinajstić information content (AvgIpc) is 3.50. The number of nitrogens with zero attached hydrogens (tertiary/aromatic N) is 10. The van der Waals surface area contributed by atoms with Crippen molar-refractivity contribution >= 4 is 29.2 Å². The Hall–Kier alpha value is -4.14. The van der Waals surface area contributed by atoms with Gasteiger partial charge < -0.3 is 10.3 Å². The number of carbonyl (C=O) groups excluding carboxylic acids is 1. The number of thioether (sulfide) groups is 1. The van der Waals surface area contributed by atoms with E-state index in [9.17, 15) is 4.79 Å². The van der Waals surface area contributed by atoms with Crippen molar-refractivity contribution < 1.29 is 9.42 Å². The molecule has 1 amide bonds. The number of anilines is 1. The van der Waals surface area contributed by atoms with Gasteiger partial charge in [0.05, 0.1) is 17.1 Å². The van der Waals surface area contributed by atoms with Gasteiger partial charge in [0.15, 0.2) is 10.9 Å². The molecule has 3 N–H and O–H groups in total. The highest BCUT2D eigenvalue weighted by atomic mass is 32.2. The van der Waals surface area contributed by atoms with Gasteiger partial charge in [0.1, 0.15) is 6.33 Å². The van der Waals surface area contributed by atoms with Crippen LogP contribution in [0.3, 0.4) is 0 Å². The van der Waals surface area contributed by atoms with Crippen molar-refractivity contribution in [2.45, 2.75) is 17.8 Å². The minimum atomic E-state index is -0.565. The van der Waals surface area contributed by atoms with Gasteiger partial charge in [-0.15, -0.1) is 15.3 Å². The van der Waals surface area contributed by atoms with Crippen LogP contribution in [0, 0.1) is 0 Å². The summed E-state index contributed by atoms with van der Waals surface area (Å²) in [6.45, 7) is 1.73. The quantitative estimate of drug-likeness (QED) is 0.227. The smallest absolute Gasteiger partial charge is 0.293 e. The summed E-state index contributed by atoms with van der Waals surface area (Å²) in [4.78, 5) is 17.0. The zero-order chi connectivity index (χ0) is 21.8. The zero-order valence-corrected chi connectivity index (χ0v) is 17.2. The topological polar surface area (TPSA) is 181 Å². The molecule has 0 bridgehead atoms. The second-order valence-electron chi connectivity index (χ2n) is 6.14. The summed E-state index contributed by atoms with van der Waals surface area (Å²) in [5.74, 6) is -0.179. The molecule has 0 atom stereocenters. The molecular formula is C16H16N12O2S. The van der Waals surface area contributed by atoms with Crippen molar-refractivity contribution in [2.24, 2.45) is 12.1 Å². The van der Waals surface area contributed by atoms with E-state index in [1.165, 1.54) is 16.4 Å². The number of carbonyl (C=O) groups is 1. The van der Waals surface area contributed by atoms with Crippen molar-refractivity contribution in [3.8, 4) is 5.82 Å². The number of nitrogens with two attached hydrogens (primary N) is 1. The summed E-state index contributed by atoms with van der Waals surface area (Å²) in [5.41, 5.74) is 9.86. The molecule has 0 fully saturated rings. The summed E-state index contributed by atoms with van der Waals surface area (Å²) < 4.78 is 7.68. The van der Waals surface area contributed by atoms with E-state index < -0.39 is 5.91 Å². The van der Waals surface area contributed by atoms with Crippen LogP contribution in [0.5, 0.6) is 0 Å². The van der Waals surface area contributed by atoms with Crippen LogP contribution in [-0.2, 0) is 12.8 Å². The summed E-state index contributed by atoms with van der Waals surface area (Å²) in [5, 5.41) is 27.8. The van der Waals surface area contributed by atoms with Crippen LogP contribution in [-0.4, -0.2) is 56.7 Å². The third-order valence-corrected chi connectivity index (χ3v) is 5.09. The van der Waals surface area contributed by atoms with Crippen molar-refractivity contribution in [1.29, 1.82) is 0 Å². The molecule has 0 aliphatic rings. The Labute approximate surface area is 178 Å². The summed E-state index contributed by atoms with van der Waals surface area (Å²) in [6.07, 6.45) is 3.21. The Kier molecular flexibility index (Phi) is 5.65. The Balaban J connectivity index is 1.62. The third-order valence-electron chi connectivity index (χ3n) is 4.04. The maximum Gasteiger partial charge on any atom is 0.293 e. The van der Waals surface area contributed by atoms with E-state index in [1.54, 1.807) is 43.2 Å². The number of aryl methyl sites for hydroxylation is 1. The predicted octanol–water partition coefficient (Wildman–Crippen LogP) is 0.202. The lowest BCUT2D eigenvalue weighted by Gasteiger charge is -2.05. The predicted molar refractivity (Wildman–Crippen MR) is 108 cm³/mol. The molecule has 0 aromatic carbocycles. The minimum Gasteiger partial charge on any atom is -0.378 e. The number of hydrogen-bond donors (Lipinski definition) is 2. The number of hydrogen-bond acceptors (Lipinski definition) is 12. The van der Waals surface area contributed by atoms with E-state index in [2.05, 4.69) is 51.0 Å². The Morgan fingerprint density at radius 1 is 1.32 bits per heavy atom. The van der Waals surface area contributed by atoms with Gasteiger partial charge in [0.2, 0.25) is 11.6 Å². The van der Waals surface area contributed by atoms with Gasteiger partial charge in [-0.05, 0) is 29.4 Å². The van der Waals surface area contributed by atoms with Crippen molar-refractivity contribution in [1.82, 2.24) is 50.5 Å². The van der Waals surface area contributed by atoms with Gasteiger partial charge in [-0.1, -0.05) is 23.0 Å². The molecule has 158 valence electrons. The van der Waals surface area contributed by atoms with E-state index >= 15 is 0 Å². The number of pyridine rings is 1. The number of hydrazone groups is 1. The van der Waals surface area contributed by atoms with Crippen LogP contribution in [0.25, 0.3) is 5.82 Å². The number of nitrogens with one attached hydrogen (secondary N) is 1. The summed E-state index contributed by atoms with van der Waals surface area (Å²) >= 11 is 1.32. The van der Waals surface area contributed by atoms with Crippen LogP contribution in [0.15, 0.2) is 45.6 Å². The monoisotopic (exact) mass is 440 g/mol. The molecule has 0 aliphatic heterocycles. The second kappa shape index (κ2) is 8.70. The van der Waals surface area contributed by atoms with Gasteiger partial charge in [0.25, 0.3) is 5.91 Å². The summed E-state index contributed by atoms with van der Waals surface area (Å²) in [7, 11) is 1.81. The van der Waals surface area contributed by atoms with Crippen molar-refractivity contribution in [3.63, 3.8) is 0 Å². The fourth-order valence-corrected chi connectivity index (χ4v) is 3.35. The Bertz CT molecular complexity index is 1230. The van der Waals surface area contributed by atoms with Crippen LogP contribution < -0.4 is 11.2 Å². The third kappa shape index (κ3) is 4.25. The first kappa shape index (κ1) is 20.1. The van der Waals surface area contributed by atoms with Gasteiger partial charge in [-0.25, -0.2) is 10.1 Å². The molecule has 0 spiro atoms. The molecule has 14 nitrogen and oxygen atoms in total.